The number of amides is 1. The number of benzene rings is 2. The van der Waals surface area contributed by atoms with E-state index in [2.05, 4.69) is 0 Å². The fourth-order valence-electron chi connectivity index (χ4n) is 2.60. The molecular formula is C18H17NO. The van der Waals surface area contributed by atoms with Gasteiger partial charge in [-0.15, -0.1) is 0 Å². The molecule has 2 aromatic carbocycles. The minimum atomic E-state index is -0.0789. The maximum Gasteiger partial charge on any atom is 0.238 e. The second-order valence-corrected chi connectivity index (χ2v) is 5.17. The average Bonchev–Trinajstić information content (AvgIpc) is 2.77. The van der Waals surface area contributed by atoms with Crippen molar-refractivity contribution in [2.75, 3.05) is 4.90 Å². The molecule has 1 heterocycles. The van der Waals surface area contributed by atoms with E-state index in [1.54, 1.807) is 0 Å². The molecular weight excluding hydrogens is 246 g/mol. The summed E-state index contributed by atoms with van der Waals surface area (Å²) in [5.74, 6) is 0.0583. The second kappa shape index (κ2) is 4.97. The van der Waals surface area contributed by atoms with Gasteiger partial charge in [-0.2, -0.15) is 0 Å². The van der Waals surface area contributed by atoms with Gasteiger partial charge in [0.1, 0.15) is 0 Å². The molecule has 0 radical (unpaired) electrons. The van der Waals surface area contributed by atoms with Crippen LogP contribution in [0, 0.1) is 12.8 Å². The number of anilines is 1. The van der Waals surface area contributed by atoms with Gasteiger partial charge in [-0.1, -0.05) is 48.5 Å². The van der Waals surface area contributed by atoms with Crippen LogP contribution < -0.4 is 4.90 Å². The molecule has 0 saturated heterocycles. The van der Waals surface area contributed by atoms with Crippen LogP contribution in [0.25, 0.3) is 5.70 Å². The molecule has 2 nitrogen and oxygen atoms in total. The fourth-order valence-corrected chi connectivity index (χ4v) is 2.60. The van der Waals surface area contributed by atoms with Crippen molar-refractivity contribution in [1.82, 2.24) is 0 Å². The summed E-state index contributed by atoms with van der Waals surface area (Å²) in [6.45, 7) is 3.98. The van der Waals surface area contributed by atoms with E-state index in [1.807, 2.05) is 79.4 Å². The number of carbonyl (C=O) groups is 1. The highest BCUT2D eigenvalue weighted by Crippen LogP contribution is 2.35. The maximum absolute atomic E-state index is 12.5. The van der Waals surface area contributed by atoms with E-state index in [0.29, 0.717) is 0 Å². The van der Waals surface area contributed by atoms with Gasteiger partial charge in [0.2, 0.25) is 5.91 Å². The molecule has 1 atom stereocenters. The van der Waals surface area contributed by atoms with Gasteiger partial charge in [-0.3, -0.25) is 9.69 Å². The number of para-hydroxylation sites is 1. The van der Waals surface area contributed by atoms with Crippen LogP contribution in [-0.2, 0) is 4.79 Å². The monoisotopic (exact) mass is 263 g/mol. The zero-order valence-electron chi connectivity index (χ0n) is 11.7. The average molecular weight is 263 g/mol. The highest BCUT2D eigenvalue weighted by molar-refractivity contribution is 6.12. The van der Waals surface area contributed by atoms with Gasteiger partial charge in [-0.25, -0.2) is 0 Å². The first-order valence-corrected chi connectivity index (χ1v) is 6.85. The van der Waals surface area contributed by atoms with Gasteiger partial charge in [0.25, 0.3) is 0 Å². The molecule has 2 aromatic rings. The third-order valence-electron chi connectivity index (χ3n) is 3.68. The van der Waals surface area contributed by atoms with Crippen LogP contribution in [0.2, 0.25) is 0 Å². The van der Waals surface area contributed by atoms with Crippen molar-refractivity contribution in [3.63, 3.8) is 0 Å². The zero-order chi connectivity index (χ0) is 14.1. The molecule has 0 fully saturated rings. The Morgan fingerprint density at radius 2 is 1.60 bits per heavy atom. The van der Waals surface area contributed by atoms with E-state index in [9.17, 15) is 4.79 Å². The van der Waals surface area contributed by atoms with Gasteiger partial charge in [0.15, 0.2) is 0 Å². The molecule has 1 unspecified atom stereocenters. The number of carbonyl (C=O) groups excluding carboxylic acids is 1. The SMILES string of the molecule is Cc1ccccc1N1C(=O)C(C)C=C1c1ccccc1. The maximum atomic E-state index is 12.5. The molecule has 1 aliphatic rings. The first-order chi connectivity index (χ1) is 9.68. The van der Waals surface area contributed by atoms with Gasteiger partial charge in [0, 0.05) is 0 Å². The lowest BCUT2D eigenvalue weighted by Crippen LogP contribution is -2.27. The third kappa shape index (κ3) is 2.03. The Labute approximate surface area is 119 Å². The summed E-state index contributed by atoms with van der Waals surface area (Å²) in [6, 6.07) is 18.1. The molecule has 0 bridgehead atoms. The van der Waals surface area contributed by atoms with Crippen LogP contribution in [0.1, 0.15) is 18.1 Å². The molecule has 0 aromatic heterocycles. The van der Waals surface area contributed by atoms with Crippen LogP contribution in [0.5, 0.6) is 0 Å². The molecule has 1 aliphatic heterocycles. The minimum Gasteiger partial charge on any atom is -0.280 e. The summed E-state index contributed by atoms with van der Waals surface area (Å²) in [5, 5.41) is 0. The number of aryl methyl sites for hydroxylation is 1. The molecule has 3 rings (SSSR count). The summed E-state index contributed by atoms with van der Waals surface area (Å²) >= 11 is 0. The first kappa shape index (κ1) is 12.7. The lowest BCUT2D eigenvalue weighted by Gasteiger charge is -2.23. The molecule has 2 heteroatoms. The molecule has 0 N–H and O–H groups in total. The molecule has 0 spiro atoms. The summed E-state index contributed by atoms with van der Waals surface area (Å²) < 4.78 is 0. The van der Waals surface area contributed by atoms with Gasteiger partial charge in [0.05, 0.1) is 17.3 Å². The standard InChI is InChI=1S/C18H17NO/c1-13-8-6-7-11-16(13)19-17(12-14(2)18(19)20)15-9-4-3-5-10-15/h3-12,14H,1-2H3. The van der Waals surface area contributed by atoms with Crippen molar-refractivity contribution in [2.45, 2.75) is 13.8 Å². The molecule has 0 aliphatic carbocycles. The van der Waals surface area contributed by atoms with Gasteiger partial charge < -0.3 is 0 Å². The lowest BCUT2D eigenvalue weighted by molar-refractivity contribution is -0.119. The quantitative estimate of drug-likeness (QED) is 0.801. The molecule has 1 amide bonds. The Balaban J connectivity index is 2.11. The van der Waals surface area contributed by atoms with Gasteiger partial charge >= 0.3 is 0 Å². The van der Waals surface area contributed by atoms with Crippen LogP contribution >= 0.6 is 0 Å². The Kier molecular flexibility index (Phi) is 3.15. The molecule has 0 saturated carbocycles. The second-order valence-electron chi connectivity index (χ2n) is 5.17. The van der Waals surface area contributed by atoms with Crippen molar-refractivity contribution in [2.24, 2.45) is 5.92 Å². The van der Waals surface area contributed by atoms with E-state index >= 15 is 0 Å². The summed E-state index contributed by atoms with van der Waals surface area (Å²) in [4.78, 5) is 14.4. The Hall–Kier alpha value is -2.35. The zero-order valence-corrected chi connectivity index (χ0v) is 11.7. The largest absolute Gasteiger partial charge is 0.280 e. The van der Waals surface area contributed by atoms with Crippen LogP contribution in [-0.4, -0.2) is 5.91 Å². The predicted molar refractivity (Wildman–Crippen MR) is 82.2 cm³/mol. The van der Waals surface area contributed by atoms with Crippen LogP contribution in [0.4, 0.5) is 5.69 Å². The van der Waals surface area contributed by atoms with Crippen molar-refractivity contribution in [3.05, 3.63) is 71.8 Å². The number of rotatable bonds is 2. The lowest BCUT2D eigenvalue weighted by atomic mass is 10.1. The number of hydrogen-bond acceptors (Lipinski definition) is 1. The van der Waals surface area contributed by atoms with E-state index < -0.39 is 0 Å². The topological polar surface area (TPSA) is 20.3 Å². The highest BCUT2D eigenvalue weighted by atomic mass is 16.2. The van der Waals surface area contributed by atoms with E-state index in [-0.39, 0.29) is 11.8 Å². The molecule has 20 heavy (non-hydrogen) atoms. The Bertz CT molecular complexity index is 673. The number of nitrogens with zero attached hydrogens (tertiary/aromatic N) is 1. The fraction of sp³-hybridized carbons (Fsp3) is 0.167. The Morgan fingerprint density at radius 3 is 2.30 bits per heavy atom. The highest BCUT2D eigenvalue weighted by Gasteiger charge is 2.32. The smallest absolute Gasteiger partial charge is 0.238 e. The van der Waals surface area contributed by atoms with E-state index in [4.69, 9.17) is 0 Å². The van der Waals surface area contributed by atoms with Crippen molar-refractivity contribution < 1.29 is 4.79 Å². The van der Waals surface area contributed by atoms with Gasteiger partial charge in [-0.05, 0) is 37.1 Å². The van der Waals surface area contributed by atoms with Crippen molar-refractivity contribution >= 4 is 17.3 Å². The molecule has 100 valence electrons. The minimum absolute atomic E-state index is 0.0789. The summed E-state index contributed by atoms with van der Waals surface area (Å²) in [6.07, 6.45) is 2.05. The van der Waals surface area contributed by atoms with Crippen molar-refractivity contribution in [1.29, 1.82) is 0 Å². The normalized spacial score (nSPS) is 18.3. The first-order valence-electron chi connectivity index (χ1n) is 6.85. The number of hydrogen-bond donors (Lipinski definition) is 0. The third-order valence-corrected chi connectivity index (χ3v) is 3.68. The predicted octanol–water partition coefficient (Wildman–Crippen LogP) is 4.02. The van der Waals surface area contributed by atoms with Crippen LogP contribution in [0.15, 0.2) is 60.7 Å². The van der Waals surface area contributed by atoms with E-state index in [0.717, 1.165) is 22.5 Å². The van der Waals surface area contributed by atoms with E-state index in [1.165, 1.54) is 0 Å². The summed E-state index contributed by atoms with van der Waals surface area (Å²) in [5.41, 5.74) is 4.14. The van der Waals surface area contributed by atoms with Crippen molar-refractivity contribution in [3.8, 4) is 0 Å². The Morgan fingerprint density at radius 1 is 0.950 bits per heavy atom. The summed E-state index contributed by atoms with van der Waals surface area (Å²) in [7, 11) is 0. The van der Waals surface area contributed by atoms with Crippen LogP contribution in [0.3, 0.4) is 0 Å².